The maximum absolute atomic E-state index is 13.9. The van der Waals surface area contributed by atoms with Gasteiger partial charge in [0.05, 0.1) is 12.1 Å². The Kier molecular flexibility index (Phi) is 7.79. The van der Waals surface area contributed by atoms with E-state index < -0.39 is 18.0 Å². The van der Waals surface area contributed by atoms with Crippen LogP contribution in [-0.2, 0) is 0 Å². The number of hydrogen-bond acceptors (Lipinski definition) is 2. The van der Waals surface area contributed by atoms with Crippen molar-refractivity contribution in [1.29, 1.82) is 0 Å². The third kappa shape index (κ3) is 4.09. The van der Waals surface area contributed by atoms with Crippen LogP contribution >= 0.6 is 24.0 Å². The van der Waals surface area contributed by atoms with E-state index in [0.29, 0.717) is 12.0 Å². The number of aliphatic hydroxyl groups excluding tert-OH is 1. The summed E-state index contributed by atoms with van der Waals surface area (Å²) in [5.41, 5.74) is 6.58. The van der Waals surface area contributed by atoms with Crippen LogP contribution in [0.4, 0.5) is 4.39 Å². The van der Waals surface area contributed by atoms with E-state index in [4.69, 9.17) is 17.3 Å². The molecule has 0 bridgehead atoms. The fraction of sp³-hybridized carbons (Fsp3) is 0.538. The van der Waals surface area contributed by atoms with Crippen LogP contribution in [0.15, 0.2) is 12.1 Å². The molecule has 0 aliphatic carbocycles. The molecule has 1 rings (SSSR count). The van der Waals surface area contributed by atoms with E-state index in [-0.39, 0.29) is 23.0 Å². The summed E-state index contributed by atoms with van der Waals surface area (Å²) >= 11 is 5.94. The van der Waals surface area contributed by atoms with Gasteiger partial charge in [-0.05, 0) is 25.0 Å². The Morgan fingerprint density at radius 3 is 2.61 bits per heavy atom. The Morgan fingerprint density at radius 1 is 1.44 bits per heavy atom. The molecule has 5 heteroatoms. The van der Waals surface area contributed by atoms with Crippen LogP contribution in [0.1, 0.15) is 43.4 Å². The summed E-state index contributed by atoms with van der Waals surface area (Å²) in [5.74, 6) is -0.416. The first-order chi connectivity index (χ1) is 7.99. The Labute approximate surface area is 119 Å². The summed E-state index contributed by atoms with van der Waals surface area (Å²) in [6.07, 6.45) is 1.62. The minimum absolute atomic E-state index is 0. The highest BCUT2D eigenvalue weighted by atomic mass is 35.5. The second-order valence-electron chi connectivity index (χ2n) is 4.33. The highest BCUT2D eigenvalue weighted by Gasteiger charge is 2.23. The van der Waals surface area contributed by atoms with Gasteiger partial charge in [-0.15, -0.1) is 12.4 Å². The Morgan fingerprint density at radius 2 is 2.06 bits per heavy atom. The lowest BCUT2D eigenvalue weighted by molar-refractivity contribution is 0.131. The molecule has 2 atom stereocenters. The zero-order valence-corrected chi connectivity index (χ0v) is 12.2. The molecule has 3 N–H and O–H groups in total. The molecule has 0 aliphatic rings. The van der Waals surface area contributed by atoms with Crippen LogP contribution in [0.2, 0.25) is 5.02 Å². The molecule has 0 aliphatic heterocycles. The summed E-state index contributed by atoms with van der Waals surface area (Å²) in [7, 11) is 0. The maximum atomic E-state index is 13.9. The van der Waals surface area contributed by atoms with Gasteiger partial charge in [-0.1, -0.05) is 37.4 Å². The van der Waals surface area contributed by atoms with Gasteiger partial charge >= 0.3 is 0 Å². The minimum Gasteiger partial charge on any atom is -0.391 e. The average Bonchev–Trinajstić information content (AvgIpc) is 2.31. The van der Waals surface area contributed by atoms with Crippen LogP contribution in [0, 0.1) is 12.7 Å². The molecule has 0 saturated carbocycles. The molecular weight excluding hydrogens is 276 g/mol. The lowest BCUT2D eigenvalue weighted by Gasteiger charge is -2.21. The molecule has 18 heavy (non-hydrogen) atoms. The Hall–Kier alpha value is -0.350. The topological polar surface area (TPSA) is 46.2 Å². The normalized spacial score (nSPS) is 13.9. The second kappa shape index (κ2) is 7.95. The van der Waals surface area contributed by atoms with Crippen LogP contribution in [0.3, 0.4) is 0 Å². The Balaban J connectivity index is 0.00000289. The fourth-order valence-corrected chi connectivity index (χ4v) is 2.04. The predicted octanol–water partition coefficient (Wildman–Crippen LogP) is 3.76. The van der Waals surface area contributed by atoms with E-state index in [9.17, 15) is 9.50 Å². The van der Waals surface area contributed by atoms with Gasteiger partial charge in [0.25, 0.3) is 0 Å². The van der Waals surface area contributed by atoms with Gasteiger partial charge in [-0.2, -0.15) is 0 Å². The van der Waals surface area contributed by atoms with Crippen molar-refractivity contribution in [2.24, 2.45) is 5.73 Å². The molecule has 0 amide bonds. The minimum atomic E-state index is -0.769. The highest BCUT2D eigenvalue weighted by Crippen LogP contribution is 2.29. The average molecular weight is 296 g/mol. The number of unbranched alkanes of at least 4 members (excludes halogenated alkanes) is 1. The number of aryl methyl sites for hydroxylation is 1. The van der Waals surface area contributed by atoms with E-state index in [1.54, 1.807) is 19.1 Å². The fourth-order valence-electron chi connectivity index (χ4n) is 1.77. The predicted molar refractivity (Wildman–Crippen MR) is 75.9 cm³/mol. The molecular formula is C13H20Cl2FNO. The van der Waals surface area contributed by atoms with E-state index in [2.05, 4.69) is 0 Å². The second-order valence-corrected chi connectivity index (χ2v) is 4.73. The number of hydrogen-bond donors (Lipinski definition) is 2. The summed E-state index contributed by atoms with van der Waals surface area (Å²) in [6, 6.07) is 2.45. The van der Waals surface area contributed by atoms with E-state index in [1.165, 1.54) is 0 Å². The molecule has 0 radical (unpaired) electrons. The number of rotatable bonds is 5. The summed E-state index contributed by atoms with van der Waals surface area (Å²) < 4.78 is 13.9. The lowest BCUT2D eigenvalue weighted by atomic mass is 9.96. The van der Waals surface area contributed by atoms with E-state index >= 15 is 0 Å². The van der Waals surface area contributed by atoms with Crippen molar-refractivity contribution < 1.29 is 9.50 Å². The first kappa shape index (κ1) is 17.6. The van der Waals surface area contributed by atoms with Gasteiger partial charge in [-0.3, -0.25) is 0 Å². The van der Waals surface area contributed by atoms with Gasteiger partial charge in [0.15, 0.2) is 0 Å². The number of halogens is 3. The maximum Gasteiger partial charge on any atom is 0.132 e. The third-order valence-corrected chi connectivity index (χ3v) is 3.25. The molecule has 104 valence electrons. The molecule has 0 unspecified atom stereocenters. The molecule has 1 aromatic rings. The van der Waals surface area contributed by atoms with Gasteiger partial charge in [0.1, 0.15) is 5.82 Å². The SMILES string of the molecule is CCCC[C@H](O)[C@H](N)c1c(Cl)ccc(C)c1F.Cl. The largest absolute Gasteiger partial charge is 0.391 e. The Bertz CT molecular complexity index is 387. The van der Waals surface area contributed by atoms with E-state index in [1.807, 2.05) is 6.92 Å². The first-order valence-electron chi connectivity index (χ1n) is 5.87. The van der Waals surface area contributed by atoms with Gasteiger partial charge in [0.2, 0.25) is 0 Å². The molecule has 0 fully saturated rings. The summed E-state index contributed by atoms with van der Waals surface area (Å²) in [6.45, 7) is 3.68. The number of aliphatic hydroxyl groups is 1. The van der Waals surface area contributed by atoms with Gasteiger partial charge in [0, 0.05) is 10.6 Å². The molecule has 0 spiro atoms. The van der Waals surface area contributed by atoms with Crippen molar-refractivity contribution in [3.63, 3.8) is 0 Å². The first-order valence-corrected chi connectivity index (χ1v) is 6.25. The van der Waals surface area contributed by atoms with Crippen LogP contribution in [0.5, 0.6) is 0 Å². The number of benzene rings is 1. The van der Waals surface area contributed by atoms with Crippen LogP contribution in [-0.4, -0.2) is 11.2 Å². The molecule has 0 aromatic heterocycles. The van der Waals surface area contributed by atoms with Crippen molar-refractivity contribution in [3.05, 3.63) is 34.1 Å². The van der Waals surface area contributed by atoms with Crippen LogP contribution in [0.25, 0.3) is 0 Å². The smallest absolute Gasteiger partial charge is 0.132 e. The summed E-state index contributed by atoms with van der Waals surface area (Å²) in [5, 5.41) is 10.2. The quantitative estimate of drug-likeness (QED) is 0.869. The molecule has 0 saturated heterocycles. The molecule has 0 heterocycles. The van der Waals surface area contributed by atoms with Crippen molar-refractivity contribution in [2.45, 2.75) is 45.3 Å². The zero-order valence-electron chi connectivity index (χ0n) is 10.6. The lowest BCUT2D eigenvalue weighted by Crippen LogP contribution is -2.27. The van der Waals surface area contributed by atoms with Crippen molar-refractivity contribution >= 4 is 24.0 Å². The zero-order chi connectivity index (χ0) is 13.0. The standard InChI is InChI=1S/C13H19ClFNO.ClH/c1-3-4-5-10(17)13(16)11-9(14)7-6-8(2)12(11)15;/h6-7,10,13,17H,3-5,16H2,1-2H3;1H/t10-,13-;/m0./s1. The van der Waals surface area contributed by atoms with Crippen molar-refractivity contribution in [2.75, 3.05) is 0 Å². The number of nitrogens with two attached hydrogens (primary N) is 1. The molecule has 2 nitrogen and oxygen atoms in total. The van der Waals surface area contributed by atoms with E-state index in [0.717, 1.165) is 12.8 Å². The van der Waals surface area contributed by atoms with Crippen molar-refractivity contribution in [3.8, 4) is 0 Å². The van der Waals surface area contributed by atoms with Crippen LogP contribution < -0.4 is 5.73 Å². The van der Waals surface area contributed by atoms with Crippen molar-refractivity contribution in [1.82, 2.24) is 0 Å². The third-order valence-electron chi connectivity index (χ3n) is 2.92. The molecule has 1 aromatic carbocycles. The van der Waals surface area contributed by atoms with Gasteiger partial charge in [-0.25, -0.2) is 4.39 Å². The highest BCUT2D eigenvalue weighted by molar-refractivity contribution is 6.31. The monoisotopic (exact) mass is 295 g/mol. The van der Waals surface area contributed by atoms with Gasteiger partial charge < -0.3 is 10.8 Å². The summed E-state index contributed by atoms with van der Waals surface area (Å²) in [4.78, 5) is 0.